The van der Waals surface area contributed by atoms with Crippen molar-refractivity contribution in [3.8, 4) is 0 Å². The molecule has 5 heteroatoms. The second kappa shape index (κ2) is 5.38. The Kier molecular flexibility index (Phi) is 3.84. The summed E-state index contributed by atoms with van der Waals surface area (Å²) >= 11 is 0. The highest BCUT2D eigenvalue weighted by Gasteiger charge is 2.34. The number of benzene rings is 1. The Bertz CT molecular complexity index is 632. The highest BCUT2D eigenvalue weighted by atomic mass is 32.2. The first-order valence-corrected chi connectivity index (χ1v) is 9.21. The van der Waals surface area contributed by atoms with Crippen molar-refractivity contribution in [2.24, 2.45) is 5.41 Å². The van der Waals surface area contributed by atoms with Crippen molar-refractivity contribution in [1.82, 2.24) is 9.62 Å². The molecule has 0 atom stereocenters. The van der Waals surface area contributed by atoms with Crippen LogP contribution in [0.1, 0.15) is 44.2 Å². The molecular formula is C16H24N2O2S. The summed E-state index contributed by atoms with van der Waals surface area (Å²) in [5, 5.41) is 3.26. The molecule has 3 rings (SSSR count). The number of rotatable bonds is 3. The van der Waals surface area contributed by atoms with Gasteiger partial charge in [-0.1, -0.05) is 26.3 Å². The van der Waals surface area contributed by atoms with Crippen molar-refractivity contribution in [2.75, 3.05) is 13.1 Å². The Hall–Kier alpha value is -0.910. The fourth-order valence-electron chi connectivity index (χ4n) is 3.20. The number of nitrogens with zero attached hydrogens (tertiary/aromatic N) is 1. The number of hydrogen-bond donors (Lipinski definition) is 1. The van der Waals surface area contributed by atoms with Gasteiger partial charge in [-0.15, -0.1) is 0 Å². The normalized spacial score (nSPS) is 22.2. The molecule has 1 N–H and O–H groups in total. The van der Waals surface area contributed by atoms with Crippen LogP contribution in [0.5, 0.6) is 0 Å². The van der Waals surface area contributed by atoms with E-state index in [0.717, 1.165) is 37.9 Å². The van der Waals surface area contributed by atoms with Gasteiger partial charge in [0.1, 0.15) is 0 Å². The molecule has 1 aromatic rings. The van der Waals surface area contributed by atoms with E-state index in [1.165, 1.54) is 5.56 Å². The third-order valence-electron chi connectivity index (χ3n) is 5.23. The molecule has 116 valence electrons. The standard InChI is InChI=1S/C16H24N2O2S/c1-3-16(2)6-8-18(9-7-16)21(19,20)15-5-4-13-11-17-12-14(13)10-15/h4-5,10,17H,3,6-9,11-12H2,1-2H3. The van der Waals surface area contributed by atoms with Crippen molar-refractivity contribution < 1.29 is 8.42 Å². The minimum atomic E-state index is -3.34. The van der Waals surface area contributed by atoms with Crippen LogP contribution in [0.4, 0.5) is 0 Å². The van der Waals surface area contributed by atoms with Crippen LogP contribution in [0, 0.1) is 5.41 Å². The minimum Gasteiger partial charge on any atom is -0.309 e. The summed E-state index contributed by atoms with van der Waals surface area (Å²) in [6, 6.07) is 5.55. The van der Waals surface area contributed by atoms with Gasteiger partial charge in [0.25, 0.3) is 0 Å². The first-order chi connectivity index (χ1) is 9.94. The Morgan fingerprint density at radius 1 is 1.19 bits per heavy atom. The summed E-state index contributed by atoms with van der Waals surface area (Å²) in [5.74, 6) is 0. The summed E-state index contributed by atoms with van der Waals surface area (Å²) in [7, 11) is -3.34. The molecule has 1 fully saturated rings. The maximum atomic E-state index is 12.8. The molecule has 0 saturated carbocycles. The zero-order chi connectivity index (χ0) is 15.1. The highest BCUT2D eigenvalue weighted by Crippen LogP contribution is 2.36. The van der Waals surface area contributed by atoms with Gasteiger partial charge in [-0.2, -0.15) is 4.31 Å². The van der Waals surface area contributed by atoms with E-state index in [-0.39, 0.29) is 0 Å². The lowest BCUT2D eigenvalue weighted by Crippen LogP contribution is -2.41. The van der Waals surface area contributed by atoms with Crippen molar-refractivity contribution in [1.29, 1.82) is 0 Å². The van der Waals surface area contributed by atoms with Crippen LogP contribution in [0.25, 0.3) is 0 Å². The van der Waals surface area contributed by atoms with Gasteiger partial charge in [0.05, 0.1) is 4.90 Å². The number of piperidine rings is 1. The van der Waals surface area contributed by atoms with Crippen LogP contribution in [-0.4, -0.2) is 25.8 Å². The maximum Gasteiger partial charge on any atom is 0.243 e. The predicted octanol–water partition coefficient (Wildman–Crippen LogP) is 2.49. The summed E-state index contributed by atoms with van der Waals surface area (Å²) in [6.45, 7) is 7.35. The fraction of sp³-hybridized carbons (Fsp3) is 0.625. The molecule has 4 nitrogen and oxygen atoms in total. The van der Waals surface area contributed by atoms with E-state index >= 15 is 0 Å². The molecule has 0 spiro atoms. The molecule has 0 bridgehead atoms. The molecule has 0 aromatic heterocycles. The van der Waals surface area contributed by atoms with E-state index in [1.807, 2.05) is 12.1 Å². The van der Waals surface area contributed by atoms with Crippen molar-refractivity contribution in [2.45, 2.75) is 51.1 Å². The lowest BCUT2D eigenvalue weighted by Gasteiger charge is -2.38. The fourth-order valence-corrected chi connectivity index (χ4v) is 4.69. The maximum absolute atomic E-state index is 12.8. The predicted molar refractivity (Wildman–Crippen MR) is 83.4 cm³/mol. The highest BCUT2D eigenvalue weighted by molar-refractivity contribution is 7.89. The molecule has 2 heterocycles. The van der Waals surface area contributed by atoms with Crippen LogP contribution in [0.15, 0.2) is 23.1 Å². The largest absolute Gasteiger partial charge is 0.309 e. The average Bonchev–Trinajstić information content (AvgIpc) is 2.95. The van der Waals surface area contributed by atoms with Crippen LogP contribution in [0.3, 0.4) is 0 Å². The van der Waals surface area contributed by atoms with E-state index in [1.54, 1.807) is 10.4 Å². The molecule has 1 saturated heterocycles. The van der Waals surface area contributed by atoms with Crippen LogP contribution in [-0.2, 0) is 23.1 Å². The quantitative estimate of drug-likeness (QED) is 0.933. The minimum absolute atomic E-state index is 0.299. The van der Waals surface area contributed by atoms with Gasteiger partial charge in [0.15, 0.2) is 0 Å². The van der Waals surface area contributed by atoms with E-state index in [2.05, 4.69) is 19.2 Å². The Balaban J connectivity index is 1.82. The number of nitrogens with one attached hydrogen (secondary N) is 1. The Morgan fingerprint density at radius 2 is 1.86 bits per heavy atom. The third-order valence-corrected chi connectivity index (χ3v) is 7.12. The lowest BCUT2D eigenvalue weighted by atomic mass is 9.79. The van der Waals surface area contributed by atoms with Gasteiger partial charge < -0.3 is 5.32 Å². The average molecular weight is 308 g/mol. The van der Waals surface area contributed by atoms with Crippen molar-refractivity contribution in [3.63, 3.8) is 0 Å². The van der Waals surface area contributed by atoms with Gasteiger partial charge >= 0.3 is 0 Å². The second-order valence-corrected chi connectivity index (χ2v) is 8.54. The van der Waals surface area contributed by atoms with E-state index in [0.29, 0.717) is 23.4 Å². The molecule has 0 amide bonds. The van der Waals surface area contributed by atoms with Crippen molar-refractivity contribution in [3.05, 3.63) is 29.3 Å². The van der Waals surface area contributed by atoms with Gasteiger partial charge in [0, 0.05) is 26.2 Å². The molecule has 21 heavy (non-hydrogen) atoms. The molecule has 2 aliphatic rings. The number of fused-ring (bicyclic) bond motifs is 1. The van der Waals surface area contributed by atoms with Gasteiger partial charge in [-0.05, 0) is 41.5 Å². The SMILES string of the molecule is CCC1(C)CCN(S(=O)(=O)c2ccc3c(c2)CNC3)CC1. The monoisotopic (exact) mass is 308 g/mol. The third kappa shape index (κ3) is 2.74. The summed E-state index contributed by atoms with van der Waals surface area (Å²) in [6.07, 6.45) is 3.02. The molecule has 0 aliphatic carbocycles. The van der Waals surface area contributed by atoms with E-state index in [4.69, 9.17) is 0 Å². The van der Waals surface area contributed by atoms with Gasteiger partial charge in [-0.3, -0.25) is 0 Å². The lowest BCUT2D eigenvalue weighted by molar-refractivity contribution is 0.169. The summed E-state index contributed by atoms with van der Waals surface area (Å²) < 4.78 is 27.2. The number of hydrogen-bond acceptors (Lipinski definition) is 3. The summed E-state index contributed by atoms with van der Waals surface area (Å²) in [5.41, 5.74) is 2.63. The first kappa shape index (κ1) is 15.0. The van der Waals surface area contributed by atoms with Gasteiger partial charge in [-0.25, -0.2) is 8.42 Å². The van der Waals surface area contributed by atoms with Crippen LogP contribution >= 0.6 is 0 Å². The zero-order valence-electron chi connectivity index (χ0n) is 12.9. The van der Waals surface area contributed by atoms with Crippen LogP contribution < -0.4 is 5.32 Å². The second-order valence-electron chi connectivity index (χ2n) is 6.60. The van der Waals surface area contributed by atoms with Crippen molar-refractivity contribution >= 4 is 10.0 Å². The van der Waals surface area contributed by atoms with Gasteiger partial charge in [0.2, 0.25) is 10.0 Å². The number of sulfonamides is 1. The zero-order valence-corrected chi connectivity index (χ0v) is 13.7. The molecule has 0 unspecified atom stereocenters. The Labute approximate surface area is 127 Å². The molecule has 2 aliphatic heterocycles. The topological polar surface area (TPSA) is 49.4 Å². The molecule has 0 radical (unpaired) electrons. The van der Waals surface area contributed by atoms with E-state index < -0.39 is 10.0 Å². The smallest absolute Gasteiger partial charge is 0.243 e. The molecule has 1 aromatic carbocycles. The van der Waals surface area contributed by atoms with Crippen LogP contribution in [0.2, 0.25) is 0 Å². The Morgan fingerprint density at radius 3 is 2.52 bits per heavy atom. The summed E-state index contributed by atoms with van der Waals surface area (Å²) in [4.78, 5) is 0.449. The van der Waals surface area contributed by atoms with E-state index in [9.17, 15) is 8.42 Å². The molecular weight excluding hydrogens is 284 g/mol. The first-order valence-electron chi connectivity index (χ1n) is 7.77.